The molecule has 0 atom stereocenters. The summed E-state index contributed by atoms with van der Waals surface area (Å²) in [6.45, 7) is 5.86. The van der Waals surface area contributed by atoms with E-state index >= 15 is 0 Å². The van der Waals surface area contributed by atoms with Crippen molar-refractivity contribution >= 4 is 11.6 Å². The lowest BCUT2D eigenvalue weighted by Crippen LogP contribution is -2.37. The smallest absolute Gasteiger partial charge is 0.231 e. The quantitative estimate of drug-likeness (QED) is 0.785. The molecule has 0 unspecified atom stereocenters. The first-order valence-electron chi connectivity index (χ1n) is 4.89. The number of anilines is 1. The molecule has 1 aromatic rings. The maximum absolute atomic E-state index is 11.8. The number of nitrogens with zero attached hydrogens (tertiary/aromatic N) is 1. The third kappa shape index (κ3) is 2.76. The highest BCUT2D eigenvalue weighted by Gasteiger charge is 2.25. The van der Waals surface area contributed by atoms with Crippen LogP contribution in [0.2, 0.25) is 0 Å². The second-order valence-electron chi connectivity index (χ2n) is 4.23. The van der Waals surface area contributed by atoms with Crippen molar-refractivity contribution in [2.24, 2.45) is 11.1 Å². The van der Waals surface area contributed by atoms with Crippen LogP contribution in [0.25, 0.3) is 0 Å². The highest BCUT2D eigenvalue weighted by Crippen LogP contribution is 2.18. The average Bonchev–Trinajstić information content (AvgIpc) is 2.21. The van der Waals surface area contributed by atoms with Crippen LogP contribution < -0.4 is 11.1 Å². The molecule has 0 saturated heterocycles. The molecule has 0 aliphatic rings. The van der Waals surface area contributed by atoms with Gasteiger partial charge in [0.2, 0.25) is 5.91 Å². The van der Waals surface area contributed by atoms with Crippen molar-refractivity contribution in [2.75, 3.05) is 11.9 Å². The summed E-state index contributed by atoms with van der Waals surface area (Å²) in [6, 6.07) is 1.78. The van der Waals surface area contributed by atoms with Crippen LogP contribution in [0.4, 0.5) is 5.69 Å². The van der Waals surface area contributed by atoms with Crippen LogP contribution in [0, 0.1) is 12.3 Å². The highest BCUT2D eigenvalue weighted by molar-refractivity contribution is 5.95. The van der Waals surface area contributed by atoms with Crippen molar-refractivity contribution in [1.29, 1.82) is 0 Å². The number of nitrogens with one attached hydrogen (secondary N) is 1. The highest BCUT2D eigenvalue weighted by atomic mass is 16.2. The van der Waals surface area contributed by atoms with E-state index in [-0.39, 0.29) is 5.91 Å². The number of pyridine rings is 1. The molecule has 0 aliphatic heterocycles. The number of aromatic nitrogens is 1. The van der Waals surface area contributed by atoms with Crippen molar-refractivity contribution in [3.8, 4) is 0 Å². The standard InChI is InChI=1S/C11H17N3O/c1-8-6-13-5-4-9(8)14-10(15)11(2,3)7-12/h4-6H,7,12H2,1-3H3,(H,13,14,15). The number of hydrogen-bond acceptors (Lipinski definition) is 3. The van der Waals surface area contributed by atoms with E-state index in [0.717, 1.165) is 11.3 Å². The maximum atomic E-state index is 11.8. The lowest BCUT2D eigenvalue weighted by atomic mass is 9.92. The molecule has 4 nitrogen and oxygen atoms in total. The fourth-order valence-electron chi connectivity index (χ4n) is 0.998. The Hall–Kier alpha value is -1.42. The van der Waals surface area contributed by atoms with E-state index in [9.17, 15) is 4.79 Å². The zero-order valence-corrected chi connectivity index (χ0v) is 9.37. The van der Waals surface area contributed by atoms with Gasteiger partial charge in [0.15, 0.2) is 0 Å². The van der Waals surface area contributed by atoms with Crippen molar-refractivity contribution < 1.29 is 4.79 Å². The molecular formula is C11H17N3O. The fourth-order valence-corrected chi connectivity index (χ4v) is 0.998. The van der Waals surface area contributed by atoms with E-state index in [2.05, 4.69) is 10.3 Å². The van der Waals surface area contributed by atoms with Crippen LogP contribution in [0.3, 0.4) is 0 Å². The van der Waals surface area contributed by atoms with Gasteiger partial charge in [0.05, 0.1) is 5.41 Å². The first kappa shape index (κ1) is 11.7. The summed E-state index contributed by atoms with van der Waals surface area (Å²) in [5.74, 6) is -0.0701. The van der Waals surface area contributed by atoms with Crippen LogP contribution in [0.1, 0.15) is 19.4 Å². The van der Waals surface area contributed by atoms with Gasteiger partial charge in [-0.05, 0) is 32.4 Å². The van der Waals surface area contributed by atoms with Gasteiger partial charge in [-0.2, -0.15) is 0 Å². The molecule has 0 fully saturated rings. The molecule has 82 valence electrons. The zero-order chi connectivity index (χ0) is 11.5. The fraction of sp³-hybridized carbons (Fsp3) is 0.455. The van der Waals surface area contributed by atoms with E-state index in [4.69, 9.17) is 5.73 Å². The van der Waals surface area contributed by atoms with Gasteiger partial charge in [-0.1, -0.05) is 0 Å². The Morgan fingerprint density at radius 3 is 2.80 bits per heavy atom. The summed E-state index contributed by atoms with van der Waals surface area (Å²) in [6.07, 6.45) is 3.36. The van der Waals surface area contributed by atoms with Gasteiger partial charge in [-0.25, -0.2) is 0 Å². The minimum absolute atomic E-state index is 0.0701. The van der Waals surface area contributed by atoms with Crippen LogP contribution in [-0.2, 0) is 4.79 Å². The monoisotopic (exact) mass is 207 g/mol. The topological polar surface area (TPSA) is 68.0 Å². The van der Waals surface area contributed by atoms with E-state index in [1.165, 1.54) is 0 Å². The lowest BCUT2D eigenvalue weighted by Gasteiger charge is -2.21. The molecule has 1 heterocycles. The Kier molecular flexibility index (Phi) is 3.42. The zero-order valence-electron chi connectivity index (χ0n) is 9.37. The van der Waals surface area contributed by atoms with Gasteiger partial charge in [0, 0.05) is 24.6 Å². The molecule has 0 radical (unpaired) electrons. The Morgan fingerprint density at radius 2 is 2.27 bits per heavy atom. The van der Waals surface area contributed by atoms with Gasteiger partial charge < -0.3 is 11.1 Å². The summed E-state index contributed by atoms with van der Waals surface area (Å²) < 4.78 is 0. The van der Waals surface area contributed by atoms with Crippen molar-refractivity contribution in [1.82, 2.24) is 4.98 Å². The molecule has 15 heavy (non-hydrogen) atoms. The van der Waals surface area contributed by atoms with Crippen LogP contribution in [-0.4, -0.2) is 17.4 Å². The predicted octanol–water partition coefficient (Wildman–Crippen LogP) is 1.31. The Balaban J connectivity index is 2.80. The van der Waals surface area contributed by atoms with Gasteiger partial charge >= 0.3 is 0 Å². The van der Waals surface area contributed by atoms with Gasteiger partial charge in [-0.3, -0.25) is 9.78 Å². The minimum atomic E-state index is -0.546. The molecule has 1 amide bonds. The summed E-state index contributed by atoms with van der Waals surface area (Å²) in [7, 11) is 0. The van der Waals surface area contributed by atoms with Gasteiger partial charge in [0.1, 0.15) is 0 Å². The normalized spacial score (nSPS) is 11.2. The van der Waals surface area contributed by atoms with Crippen LogP contribution in [0.15, 0.2) is 18.5 Å². The first-order chi connectivity index (χ1) is 6.97. The molecular weight excluding hydrogens is 190 g/mol. The van der Waals surface area contributed by atoms with Crippen LogP contribution >= 0.6 is 0 Å². The summed E-state index contributed by atoms with van der Waals surface area (Å²) >= 11 is 0. The van der Waals surface area contributed by atoms with Crippen molar-refractivity contribution in [3.05, 3.63) is 24.0 Å². The third-order valence-corrected chi connectivity index (χ3v) is 2.39. The van der Waals surface area contributed by atoms with Gasteiger partial charge in [0.25, 0.3) is 0 Å². The molecule has 0 saturated carbocycles. The maximum Gasteiger partial charge on any atom is 0.231 e. The third-order valence-electron chi connectivity index (χ3n) is 2.39. The number of carbonyl (C=O) groups excluding carboxylic acids is 1. The first-order valence-corrected chi connectivity index (χ1v) is 4.89. The second kappa shape index (κ2) is 4.40. The second-order valence-corrected chi connectivity index (χ2v) is 4.23. The SMILES string of the molecule is Cc1cnccc1NC(=O)C(C)(C)CN. The number of carbonyl (C=O) groups is 1. The van der Waals surface area contributed by atoms with Crippen molar-refractivity contribution in [3.63, 3.8) is 0 Å². The summed E-state index contributed by atoms with van der Waals surface area (Å²) in [5.41, 5.74) is 6.71. The number of amides is 1. The summed E-state index contributed by atoms with van der Waals surface area (Å²) in [5, 5.41) is 2.84. The Morgan fingerprint density at radius 1 is 1.60 bits per heavy atom. The number of hydrogen-bond donors (Lipinski definition) is 2. The molecule has 1 aromatic heterocycles. The van der Waals surface area contributed by atoms with E-state index < -0.39 is 5.41 Å². The van der Waals surface area contributed by atoms with E-state index in [1.807, 2.05) is 20.8 Å². The van der Waals surface area contributed by atoms with E-state index in [0.29, 0.717) is 6.54 Å². The number of rotatable bonds is 3. The average molecular weight is 207 g/mol. The Bertz CT molecular complexity index is 361. The number of aryl methyl sites for hydroxylation is 1. The Labute approximate surface area is 89.9 Å². The summed E-state index contributed by atoms with van der Waals surface area (Å²) in [4.78, 5) is 15.8. The largest absolute Gasteiger partial charge is 0.329 e. The van der Waals surface area contributed by atoms with E-state index in [1.54, 1.807) is 18.5 Å². The van der Waals surface area contributed by atoms with Crippen LogP contribution in [0.5, 0.6) is 0 Å². The molecule has 4 heteroatoms. The predicted molar refractivity (Wildman–Crippen MR) is 60.4 cm³/mol. The van der Waals surface area contributed by atoms with Crippen molar-refractivity contribution in [2.45, 2.75) is 20.8 Å². The van der Waals surface area contributed by atoms with Gasteiger partial charge in [-0.15, -0.1) is 0 Å². The minimum Gasteiger partial charge on any atom is -0.329 e. The molecule has 1 rings (SSSR count). The molecule has 0 aromatic carbocycles. The molecule has 0 bridgehead atoms. The molecule has 3 N–H and O–H groups in total. The molecule has 0 aliphatic carbocycles. The number of nitrogens with two attached hydrogens (primary N) is 1. The molecule has 0 spiro atoms. The lowest BCUT2D eigenvalue weighted by molar-refractivity contribution is -0.123.